The molecule has 0 bridgehead atoms. The van der Waals surface area contributed by atoms with Crippen LogP contribution in [0.25, 0.3) is 27.8 Å². The lowest BCUT2D eigenvalue weighted by Crippen LogP contribution is -2.37. The number of nitrogens with zero attached hydrogens (tertiary/aromatic N) is 4. The molecule has 6 nitrogen and oxygen atoms in total. The Balaban J connectivity index is 1.60. The molecular weight excluding hydrogens is 436 g/mol. The molecule has 0 spiro atoms. The lowest BCUT2D eigenvalue weighted by Gasteiger charge is -2.32. The van der Waals surface area contributed by atoms with Crippen LogP contribution >= 0.6 is 11.6 Å². The number of carbonyl (C=O) groups is 1. The number of benzene rings is 2. The number of anilines is 1. The molecule has 7 heteroatoms. The minimum atomic E-state index is -0.0953. The molecule has 1 aliphatic rings. The van der Waals surface area contributed by atoms with Crippen molar-refractivity contribution in [1.82, 2.24) is 14.5 Å². The molecule has 0 aliphatic carbocycles. The molecule has 0 unspecified atom stereocenters. The lowest BCUT2D eigenvalue weighted by atomic mass is 9.96. The maximum atomic E-state index is 12.2. The summed E-state index contributed by atoms with van der Waals surface area (Å²) in [4.78, 5) is 23.8. The molecule has 0 N–H and O–H groups in total. The lowest BCUT2D eigenvalue weighted by molar-refractivity contribution is -0.148. The van der Waals surface area contributed by atoms with E-state index in [0.717, 1.165) is 59.6 Å². The third-order valence-corrected chi connectivity index (χ3v) is 6.38. The minimum Gasteiger partial charge on any atom is -0.466 e. The van der Waals surface area contributed by atoms with Crippen LogP contribution in [0.2, 0.25) is 5.02 Å². The highest BCUT2D eigenvalue weighted by molar-refractivity contribution is 6.30. The van der Waals surface area contributed by atoms with Crippen molar-refractivity contribution in [2.75, 3.05) is 24.6 Å². The molecule has 4 aromatic rings. The van der Waals surface area contributed by atoms with Gasteiger partial charge in [-0.15, -0.1) is 0 Å². The Morgan fingerprint density at radius 2 is 1.88 bits per heavy atom. The Kier molecular flexibility index (Phi) is 6.01. The number of hydrogen-bond acceptors (Lipinski definition) is 5. The second-order valence-corrected chi connectivity index (χ2v) is 8.60. The van der Waals surface area contributed by atoms with E-state index in [1.54, 1.807) is 6.33 Å². The molecule has 168 valence electrons. The van der Waals surface area contributed by atoms with E-state index in [1.165, 1.54) is 0 Å². The summed E-state index contributed by atoms with van der Waals surface area (Å²) >= 11 is 6.29. The van der Waals surface area contributed by atoms with Crippen molar-refractivity contribution >= 4 is 34.4 Å². The third-order valence-electron chi connectivity index (χ3n) is 6.15. The van der Waals surface area contributed by atoms with Crippen LogP contribution in [0.15, 0.2) is 67.1 Å². The van der Waals surface area contributed by atoms with Gasteiger partial charge in [0.05, 0.1) is 17.9 Å². The van der Waals surface area contributed by atoms with Crippen LogP contribution in [0.3, 0.4) is 0 Å². The summed E-state index contributed by atoms with van der Waals surface area (Å²) in [6.07, 6.45) is 5.22. The molecule has 3 heterocycles. The summed E-state index contributed by atoms with van der Waals surface area (Å²) < 4.78 is 7.30. The minimum absolute atomic E-state index is 0.0526. The number of hydrogen-bond donors (Lipinski definition) is 0. The summed E-state index contributed by atoms with van der Waals surface area (Å²) in [5.41, 5.74) is 3.93. The monoisotopic (exact) mass is 460 g/mol. The highest BCUT2D eigenvalue weighted by Crippen LogP contribution is 2.38. The van der Waals surface area contributed by atoms with Gasteiger partial charge in [0.2, 0.25) is 0 Å². The molecule has 1 saturated heterocycles. The van der Waals surface area contributed by atoms with Gasteiger partial charge in [0.25, 0.3) is 0 Å². The van der Waals surface area contributed by atoms with Gasteiger partial charge in [0.1, 0.15) is 12.1 Å². The predicted octanol–water partition coefficient (Wildman–Crippen LogP) is 5.52. The summed E-state index contributed by atoms with van der Waals surface area (Å²) in [5.74, 6) is 0.743. The quantitative estimate of drug-likeness (QED) is 0.367. The number of piperidine rings is 1. The maximum Gasteiger partial charge on any atom is 0.309 e. The first-order valence-corrected chi connectivity index (χ1v) is 11.6. The summed E-state index contributed by atoms with van der Waals surface area (Å²) in [5, 5.41) is 1.67. The van der Waals surface area contributed by atoms with Crippen LogP contribution in [0.4, 0.5) is 5.82 Å². The van der Waals surface area contributed by atoms with E-state index < -0.39 is 0 Å². The van der Waals surface area contributed by atoms with Crippen LogP contribution in [0.5, 0.6) is 0 Å². The van der Waals surface area contributed by atoms with Crippen molar-refractivity contribution in [3.05, 3.63) is 72.1 Å². The largest absolute Gasteiger partial charge is 0.466 e. The Hall–Kier alpha value is -3.38. The van der Waals surface area contributed by atoms with Crippen LogP contribution < -0.4 is 4.90 Å². The van der Waals surface area contributed by atoms with Crippen molar-refractivity contribution in [3.8, 4) is 16.8 Å². The molecule has 2 aromatic carbocycles. The van der Waals surface area contributed by atoms with E-state index in [-0.39, 0.29) is 11.9 Å². The van der Waals surface area contributed by atoms with Crippen molar-refractivity contribution < 1.29 is 9.53 Å². The predicted molar refractivity (Wildman–Crippen MR) is 131 cm³/mol. The van der Waals surface area contributed by atoms with E-state index in [9.17, 15) is 4.79 Å². The topological polar surface area (TPSA) is 60.2 Å². The van der Waals surface area contributed by atoms with Gasteiger partial charge in [-0.25, -0.2) is 9.97 Å². The normalized spacial score (nSPS) is 14.5. The second kappa shape index (κ2) is 9.24. The zero-order valence-electron chi connectivity index (χ0n) is 18.4. The van der Waals surface area contributed by atoms with E-state index in [4.69, 9.17) is 21.3 Å². The average Bonchev–Trinajstić information content (AvgIpc) is 3.25. The molecule has 0 saturated carbocycles. The Labute approximate surface area is 197 Å². The molecule has 0 radical (unpaired) electrons. The van der Waals surface area contributed by atoms with Crippen molar-refractivity contribution in [2.24, 2.45) is 5.92 Å². The summed E-state index contributed by atoms with van der Waals surface area (Å²) in [6, 6.07) is 18.0. The highest BCUT2D eigenvalue weighted by Gasteiger charge is 2.29. The molecule has 1 aliphatic heterocycles. The first-order valence-electron chi connectivity index (χ1n) is 11.2. The maximum absolute atomic E-state index is 12.2. The number of aromatic nitrogens is 3. The first-order chi connectivity index (χ1) is 16.2. The second-order valence-electron chi connectivity index (χ2n) is 8.17. The fraction of sp³-hybridized carbons (Fsp3) is 0.269. The van der Waals surface area contributed by atoms with Crippen LogP contribution in [0.1, 0.15) is 19.8 Å². The van der Waals surface area contributed by atoms with Gasteiger partial charge in [-0.3, -0.25) is 4.79 Å². The van der Waals surface area contributed by atoms with Gasteiger partial charge in [-0.1, -0.05) is 48.0 Å². The van der Waals surface area contributed by atoms with E-state index in [0.29, 0.717) is 11.6 Å². The van der Waals surface area contributed by atoms with E-state index in [1.807, 2.05) is 49.4 Å². The number of rotatable bonds is 5. The average molecular weight is 461 g/mol. The molecule has 0 atom stereocenters. The Morgan fingerprint density at radius 1 is 1.09 bits per heavy atom. The fourth-order valence-corrected chi connectivity index (χ4v) is 4.72. The molecule has 1 fully saturated rings. The SMILES string of the molecule is CCOC(=O)C1CCN(c2ncnc3c2c(-c2ccccc2)cn3-c2cccc(Cl)c2)CC1. The van der Waals surface area contributed by atoms with Gasteiger partial charge in [0, 0.05) is 35.6 Å². The number of esters is 1. The molecule has 5 rings (SSSR count). The van der Waals surface area contributed by atoms with Crippen molar-refractivity contribution in [2.45, 2.75) is 19.8 Å². The molecular formula is C26H25ClN4O2. The smallest absolute Gasteiger partial charge is 0.309 e. The zero-order chi connectivity index (χ0) is 22.8. The first kappa shape index (κ1) is 21.5. The molecule has 2 aromatic heterocycles. The van der Waals surface area contributed by atoms with Crippen LogP contribution in [0, 0.1) is 5.92 Å². The van der Waals surface area contributed by atoms with E-state index >= 15 is 0 Å². The van der Waals surface area contributed by atoms with Crippen molar-refractivity contribution in [1.29, 1.82) is 0 Å². The van der Waals surface area contributed by atoms with E-state index in [2.05, 4.69) is 32.8 Å². The van der Waals surface area contributed by atoms with Crippen LogP contribution in [-0.2, 0) is 9.53 Å². The fourth-order valence-electron chi connectivity index (χ4n) is 4.53. The number of halogens is 1. The van der Waals surface area contributed by atoms with Gasteiger partial charge >= 0.3 is 5.97 Å². The zero-order valence-corrected chi connectivity index (χ0v) is 19.2. The summed E-state index contributed by atoms with van der Waals surface area (Å²) in [6.45, 7) is 3.75. The van der Waals surface area contributed by atoms with Gasteiger partial charge in [-0.05, 0) is 43.5 Å². The Morgan fingerprint density at radius 3 is 2.61 bits per heavy atom. The van der Waals surface area contributed by atoms with Crippen LogP contribution in [-0.4, -0.2) is 40.2 Å². The highest BCUT2D eigenvalue weighted by atomic mass is 35.5. The Bertz CT molecular complexity index is 1280. The molecule has 0 amide bonds. The standard InChI is InChI=1S/C26H25ClN4O2/c1-2-33-26(32)19-11-13-30(14-12-19)24-23-22(18-7-4-3-5-8-18)16-31(25(23)29-17-28-24)21-10-6-9-20(27)15-21/h3-10,15-17,19H,2,11-14H2,1H3. The summed E-state index contributed by atoms with van der Waals surface area (Å²) in [7, 11) is 0. The number of carbonyl (C=O) groups excluding carboxylic acids is 1. The number of fused-ring (bicyclic) bond motifs is 1. The third kappa shape index (κ3) is 4.18. The van der Waals surface area contributed by atoms with Crippen molar-refractivity contribution in [3.63, 3.8) is 0 Å². The number of ether oxygens (including phenoxy) is 1. The molecule has 33 heavy (non-hydrogen) atoms. The van der Waals surface area contributed by atoms with Gasteiger partial charge in [-0.2, -0.15) is 0 Å². The van der Waals surface area contributed by atoms with Gasteiger partial charge < -0.3 is 14.2 Å². The van der Waals surface area contributed by atoms with Gasteiger partial charge in [0.15, 0.2) is 5.65 Å².